The average Bonchev–Trinajstić information content (AvgIpc) is 0.874. The molecule has 0 fully saturated rings. The zero-order valence-electron chi connectivity index (χ0n) is 59.1. The molecule has 0 heterocycles. The minimum Gasteiger partial charge on any atom is -0.497 e. The molecule has 7 amide bonds. The maximum atomic E-state index is 14.6. The Morgan fingerprint density at radius 1 is 0.484 bits per heavy atom. The highest BCUT2D eigenvalue weighted by molar-refractivity contribution is 5.98. The molecule has 9 atom stereocenters. The number of hydrogen-bond donors (Lipinski definition) is 8. The van der Waals surface area contributed by atoms with Crippen LogP contribution >= 0.6 is 0 Å². The largest absolute Gasteiger partial charge is 0.497 e. The van der Waals surface area contributed by atoms with Gasteiger partial charge in [-0.05, 0) is 136 Å². The van der Waals surface area contributed by atoms with Gasteiger partial charge >= 0.3 is 17.9 Å². The van der Waals surface area contributed by atoms with Crippen molar-refractivity contribution in [2.24, 2.45) is 41.2 Å². The van der Waals surface area contributed by atoms with Crippen molar-refractivity contribution in [3.8, 4) is 11.5 Å². The number of carbonyl (C=O) groups is 10. The van der Waals surface area contributed by atoms with E-state index in [4.69, 9.17) is 29.4 Å². The Morgan fingerprint density at radius 3 is 1.38 bits per heavy atom. The minimum absolute atomic E-state index is 0.0360. The van der Waals surface area contributed by atoms with Crippen LogP contribution in [0.5, 0.6) is 11.5 Å². The van der Waals surface area contributed by atoms with Crippen LogP contribution in [0.3, 0.4) is 0 Å². The topological polar surface area (TPSA) is 327 Å². The third-order valence-corrected chi connectivity index (χ3v) is 15.7. The predicted molar refractivity (Wildman–Crippen MR) is 363 cm³/mol. The van der Waals surface area contributed by atoms with Gasteiger partial charge in [-0.1, -0.05) is 144 Å². The number of nitrogens with one attached hydrogen (secondary N) is 7. The fraction of sp³-hybridized carbons (Fsp3) is 0.611. The standard InChI is InChI=1S/C72H110N8O15/c1-18-47(12)63(71(90)94-53(29-24-42(2)3)39-60(82)93-41-48-22-20-19-21-23-48)80-69(88)57(38-45(8)9)76-67(86)58(40-61(83)95-72(13,14)15)77-70(89)62(46(10)11)79-68(87)56(37-44(6)7)75-66(85)55(36-43(4)5)74-65(84)54(73)34-35-59(81)78-64(49-25-30-51(91-16)31-26-49)50-27-32-52(92-17)33-28-50/h19-23,25-28,30-33,42-47,53-58,62-64H,18,24,29,34-41,73H2,1-17H3,(H,74,84)(H,75,85)(H,76,86)(H,77,89)(H,78,81)(H,79,87)(H,80,88)/t47-,53?,54-,55-,56+,57+,58-,62-,63-/m0/s1. The zero-order valence-corrected chi connectivity index (χ0v) is 59.1. The van der Waals surface area contributed by atoms with E-state index < -0.39 is 132 Å². The molecule has 23 nitrogen and oxygen atoms in total. The first kappa shape index (κ1) is 81.2. The summed E-state index contributed by atoms with van der Waals surface area (Å²) in [5.74, 6) is -7.47. The number of carbonyl (C=O) groups excluding carboxylic acids is 10. The molecule has 9 N–H and O–H groups in total. The monoisotopic (exact) mass is 1330 g/mol. The van der Waals surface area contributed by atoms with E-state index in [0.29, 0.717) is 30.8 Å². The van der Waals surface area contributed by atoms with Gasteiger partial charge in [0, 0.05) is 6.42 Å². The van der Waals surface area contributed by atoms with E-state index in [1.807, 2.05) is 117 Å². The van der Waals surface area contributed by atoms with Crippen LogP contribution in [0, 0.1) is 35.5 Å². The first-order chi connectivity index (χ1) is 44.6. The van der Waals surface area contributed by atoms with E-state index in [1.165, 1.54) is 0 Å². The Bertz CT molecular complexity index is 2880. The second-order valence-electron chi connectivity index (χ2n) is 27.6. The zero-order chi connectivity index (χ0) is 71.3. The summed E-state index contributed by atoms with van der Waals surface area (Å²) in [5.41, 5.74) is 7.73. The van der Waals surface area contributed by atoms with E-state index in [2.05, 4.69) is 37.2 Å². The lowest BCUT2D eigenvalue weighted by atomic mass is 9.96. The normalized spacial score (nSPS) is 14.4. The van der Waals surface area contributed by atoms with Crippen LogP contribution in [0.25, 0.3) is 0 Å². The summed E-state index contributed by atoms with van der Waals surface area (Å²) in [4.78, 5) is 141. The molecule has 0 saturated carbocycles. The highest BCUT2D eigenvalue weighted by Crippen LogP contribution is 2.27. The molecule has 0 radical (unpaired) electrons. The SMILES string of the molecule is CC[C@H](C)[C@H](NC(=O)[C@@H](CC(C)C)NC(=O)[C@H](CC(=O)OC(C)(C)C)NC(=O)[C@@H](NC(=O)[C@@H](CC(C)C)NC(=O)[C@H](CC(C)C)NC(=O)[C@@H](N)CCC(=O)NC(c1ccc(OC)cc1)c1ccc(OC)cc1)C(C)C)C(=O)OC(CCC(C)C)CC(=O)OCc1ccccc1. The van der Waals surface area contributed by atoms with E-state index in [9.17, 15) is 47.9 Å². The number of hydrogen-bond acceptors (Lipinski definition) is 16. The first-order valence-electron chi connectivity index (χ1n) is 33.4. The van der Waals surface area contributed by atoms with Crippen LogP contribution in [0.2, 0.25) is 0 Å². The third-order valence-electron chi connectivity index (χ3n) is 15.7. The van der Waals surface area contributed by atoms with Gasteiger partial charge in [0.05, 0.1) is 39.1 Å². The van der Waals surface area contributed by atoms with Gasteiger partial charge in [-0.2, -0.15) is 0 Å². The molecule has 3 aromatic rings. The van der Waals surface area contributed by atoms with Crippen molar-refractivity contribution in [3.05, 3.63) is 95.6 Å². The van der Waals surface area contributed by atoms with Crippen LogP contribution < -0.4 is 52.4 Å². The second kappa shape index (κ2) is 40.3. The van der Waals surface area contributed by atoms with Gasteiger partial charge in [-0.15, -0.1) is 0 Å². The Balaban J connectivity index is 1.84. The number of nitrogens with two attached hydrogens (primary N) is 1. The number of ether oxygens (including phenoxy) is 5. The second-order valence-corrected chi connectivity index (χ2v) is 27.6. The van der Waals surface area contributed by atoms with Crippen LogP contribution in [0.15, 0.2) is 78.9 Å². The fourth-order valence-electron chi connectivity index (χ4n) is 10.2. The summed E-state index contributed by atoms with van der Waals surface area (Å²) in [6.07, 6.45) is -0.303. The first-order valence-corrected chi connectivity index (χ1v) is 33.4. The van der Waals surface area contributed by atoms with Gasteiger partial charge in [-0.3, -0.25) is 43.2 Å². The van der Waals surface area contributed by atoms with Crippen molar-refractivity contribution in [2.75, 3.05) is 14.2 Å². The van der Waals surface area contributed by atoms with Crippen LogP contribution in [-0.2, 0) is 68.8 Å². The van der Waals surface area contributed by atoms with Gasteiger partial charge in [0.2, 0.25) is 41.4 Å². The Labute approximate surface area is 563 Å². The maximum Gasteiger partial charge on any atom is 0.329 e. The molecule has 1 unspecified atom stereocenters. The molecular weight excluding hydrogens is 1220 g/mol. The van der Waals surface area contributed by atoms with Crippen molar-refractivity contribution < 1.29 is 71.6 Å². The Morgan fingerprint density at radius 2 is 0.937 bits per heavy atom. The summed E-state index contributed by atoms with van der Waals surface area (Å²) in [6.45, 7) is 26.8. The molecule has 0 bridgehead atoms. The van der Waals surface area contributed by atoms with E-state index in [-0.39, 0.29) is 74.7 Å². The molecule has 3 aromatic carbocycles. The third kappa shape index (κ3) is 30.0. The van der Waals surface area contributed by atoms with E-state index in [0.717, 1.165) is 16.7 Å². The lowest BCUT2D eigenvalue weighted by Gasteiger charge is -2.30. The van der Waals surface area contributed by atoms with Crippen molar-refractivity contribution in [1.29, 1.82) is 0 Å². The summed E-state index contributed by atoms with van der Waals surface area (Å²) in [7, 11) is 3.11. The summed E-state index contributed by atoms with van der Waals surface area (Å²) < 4.78 is 27.8. The molecule has 0 aliphatic carbocycles. The molecule has 0 saturated heterocycles. The fourth-order valence-corrected chi connectivity index (χ4v) is 10.2. The van der Waals surface area contributed by atoms with Gasteiger partial charge in [0.25, 0.3) is 0 Å². The summed E-state index contributed by atoms with van der Waals surface area (Å²) in [6, 6.07) is 13.9. The molecule has 3 rings (SSSR count). The number of rotatable bonds is 40. The van der Waals surface area contributed by atoms with Gasteiger partial charge < -0.3 is 66.6 Å². The molecule has 95 heavy (non-hydrogen) atoms. The predicted octanol–water partition coefficient (Wildman–Crippen LogP) is 7.98. The van der Waals surface area contributed by atoms with Gasteiger partial charge in [0.15, 0.2) is 0 Å². The summed E-state index contributed by atoms with van der Waals surface area (Å²) in [5, 5.41) is 19.5. The molecular formula is C72H110N8O15. The van der Waals surface area contributed by atoms with Crippen molar-refractivity contribution in [1.82, 2.24) is 37.2 Å². The van der Waals surface area contributed by atoms with E-state index in [1.54, 1.807) is 80.0 Å². The molecule has 23 heteroatoms. The Hall–Kier alpha value is -8.08. The molecule has 0 aliphatic heterocycles. The van der Waals surface area contributed by atoms with E-state index >= 15 is 0 Å². The van der Waals surface area contributed by atoms with Gasteiger partial charge in [0.1, 0.15) is 66.1 Å². The molecule has 0 aliphatic rings. The highest BCUT2D eigenvalue weighted by atomic mass is 16.6. The van der Waals surface area contributed by atoms with Crippen molar-refractivity contribution in [2.45, 2.75) is 235 Å². The number of methoxy groups -OCH3 is 2. The quantitative estimate of drug-likeness (QED) is 0.0198. The number of amides is 7. The highest BCUT2D eigenvalue weighted by Gasteiger charge is 2.38. The molecule has 0 spiro atoms. The molecule has 0 aromatic heterocycles. The lowest BCUT2D eigenvalue weighted by molar-refractivity contribution is -0.160. The van der Waals surface area contributed by atoms with Crippen LogP contribution in [0.1, 0.15) is 191 Å². The van der Waals surface area contributed by atoms with Crippen molar-refractivity contribution >= 4 is 59.3 Å². The lowest BCUT2D eigenvalue weighted by Crippen LogP contribution is -2.61. The number of esters is 3. The molecule has 528 valence electrons. The van der Waals surface area contributed by atoms with Crippen LogP contribution in [0.4, 0.5) is 0 Å². The minimum atomic E-state index is -1.67. The average molecular weight is 1330 g/mol. The Kier molecular flexibility index (Phi) is 34.5. The smallest absolute Gasteiger partial charge is 0.329 e. The van der Waals surface area contributed by atoms with Crippen molar-refractivity contribution in [3.63, 3.8) is 0 Å². The van der Waals surface area contributed by atoms with Crippen LogP contribution in [-0.4, -0.2) is 127 Å². The maximum absolute atomic E-state index is 14.6. The summed E-state index contributed by atoms with van der Waals surface area (Å²) >= 11 is 0. The van der Waals surface area contributed by atoms with Gasteiger partial charge in [-0.25, -0.2) is 4.79 Å². The number of benzene rings is 3.